The highest BCUT2D eigenvalue weighted by atomic mass is 35.5. The van der Waals surface area contributed by atoms with E-state index in [1.165, 1.54) is 13.3 Å². The number of anilines is 1. The molecule has 0 radical (unpaired) electrons. The fourth-order valence-electron chi connectivity index (χ4n) is 1.68. The molecule has 0 aliphatic heterocycles. The van der Waals surface area contributed by atoms with Crippen LogP contribution in [0, 0.1) is 6.92 Å². The number of halogens is 2. The van der Waals surface area contributed by atoms with Crippen molar-refractivity contribution in [2.24, 2.45) is 0 Å². The lowest BCUT2D eigenvalue weighted by Gasteiger charge is -2.10. The van der Waals surface area contributed by atoms with E-state index < -0.39 is 0 Å². The summed E-state index contributed by atoms with van der Waals surface area (Å²) in [5.41, 5.74) is 1.74. The molecule has 0 bridgehead atoms. The second kappa shape index (κ2) is 6.11. The second-order valence-corrected chi connectivity index (χ2v) is 4.92. The zero-order chi connectivity index (χ0) is 14.7. The molecule has 0 spiro atoms. The molecule has 1 N–H and O–H groups in total. The molecule has 2 rings (SSSR count). The van der Waals surface area contributed by atoms with Gasteiger partial charge >= 0.3 is 0 Å². The largest absolute Gasteiger partial charge is 0.496 e. The summed E-state index contributed by atoms with van der Waals surface area (Å²) in [7, 11) is 1.48. The summed E-state index contributed by atoms with van der Waals surface area (Å²) >= 11 is 11.7. The van der Waals surface area contributed by atoms with Gasteiger partial charge in [0.05, 0.1) is 24.6 Å². The first-order valence-corrected chi connectivity index (χ1v) is 6.54. The number of carbonyl (C=O) groups is 1. The van der Waals surface area contributed by atoms with Crippen molar-refractivity contribution < 1.29 is 9.53 Å². The van der Waals surface area contributed by atoms with E-state index in [2.05, 4.69) is 10.3 Å². The average molecular weight is 311 g/mol. The van der Waals surface area contributed by atoms with Crippen LogP contribution in [0.5, 0.6) is 5.75 Å². The minimum atomic E-state index is -0.304. The van der Waals surface area contributed by atoms with E-state index >= 15 is 0 Å². The van der Waals surface area contributed by atoms with Gasteiger partial charge in [-0.05, 0) is 36.8 Å². The topological polar surface area (TPSA) is 51.2 Å². The number of hydrogen-bond donors (Lipinski definition) is 1. The van der Waals surface area contributed by atoms with Crippen LogP contribution in [0.2, 0.25) is 10.2 Å². The normalized spacial score (nSPS) is 10.2. The van der Waals surface area contributed by atoms with Gasteiger partial charge in [-0.1, -0.05) is 23.2 Å². The zero-order valence-electron chi connectivity index (χ0n) is 10.9. The highest BCUT2D eigenvalue weighted by Crippen LogP contribution is 2.24. The highest BCUT2D eigenvalue weighted by molar-refractivity contribution is 6.31. The minimum Gasteiger partial charge on any atom is -0.496 e. The first-order valence-electron chi connectivity index (χ1n) is 5.78. The van der Waals surface area contributed by atoms with E-state index in [9.17, 15) is 4.79 Å². The molecule has 6 heteroatoms. The Balaban J connectivity index is 2.25. The van der Waals surface area contributed by atoms with Crippen LogP contribution in [-0.4, -0.2) is 18.0 Å². The number of nitrogens with zero attached hydrogens (tertiary/aromatic N) is 1. The number of rotatable bonds is 3. The molecule has 0 aliphatic rings. The molecule has 1 aromatic heterocycles. The van der Waals surface area contributed by atoms with Crippen molar-refractivity contribution in [2.75, 3.05) is 12.4 Å². The fraction of sp³-hybridized carbons (Fsp3) is 0.143. The lowest BCUT2D eigenvalue weighted by molar-refractivity contribution is 0.102. The number of aryl methyl sites for hydroxylation is 1. The van der Waals surface area contributed by atoms with Crippen molar-refractivity contribution in [3.8, 4) is 5.75 Å². The third-order valence-electron chi connectivity index (χ3n) is 2.68. The Hall–Kier alpha value is -1.78. The van der Waals surface area contributed by atoms with Crippen LogP contribution in [0.25, 0.3) is 0 Å². The number of aromatic nitrogens is 1. The van der Waals surface area contributed by atoms with Gasteiger partial charge in [-0.15, -0.1) is 0 Å². The Labute approximate surface area is 126 Å². The predicted molar refractivity (Wildman–Crippen MR) is 79.9 cm³/mol. The Bertz CT molecular complexity index is 660. The summed E-state index contributed by atoms with van der Waals surface area (Å²) in [6.45, 7) is 1.81. The molecule has 0 saturated heterocycles. The van der Waals surface area contributed by atoms with E-state index in [1.54, 1.807) is 24.3 Å². The molecule has 0 aliphatic carbocycles. The molecule has 1 aromatic carbocycles. The van der Waals surface area contributed by atoms with Gasteiger partial charge in [-0.3, -0.25) is 4.79 Å². The molecule has 1 heterocycles. The molecule has 1 amide bonds. The highest BCUT2D eigenvalue weighted by Gasteiger charge is 2.13. The molecule has 20 heavy (non-hydrogen) atoms. The maximum atomic E-state index is 12.2. The van der Waals surface area contributed by atoms with Crippen LogP contribution in [0.15, 0.2) is 30.5 Å². The van der Waals surface area contributed by atoms with Crippen molar-refractivity contribution in [3.63, 3.8) is 0 Å². The second-order valence-electron chi connectivity index (χ2n) is 4.13. The number of benzene rings is 1. The standard InChI is InChI=1S/C14H12Cl2N2O2/c1-8-5-10(7-17-13(8)16)18-14(19)11-4-3-9(15)6-12(11)20-2/h3-7H,1-2H3,(H,18,19). The van der Waals surface area contributed by atoms with Crippen LogP contribution >= 0.6 is 23.2 Å². The first-order chi connectivity index (χ1) is 9.51. The molecule has 104 valence electrons. The number of ether oxygens (including phenoxy) is 1. The number of carbonyl (C=O) groups excluding carboxylic acids is 1. The van der Waals surface area contributed by atoms with E-state index in [4.69, 9.17) is 27.9 Å². The lowest BCUT2D eigenvalue weighted by atomic mass is 10.2. The zero-order valence-corrected chi connectivity index (χ0v) is 12.4. The van der Waals surface area contributed by atoms with Crippen molar-refractivity contribution in [3.05, 3.63) is 51.8 Å². The van der Waals surface area contributed by atoms with Crippen LogP contribution in [0.4, 0.5) is 5.69 Å². The maximum Gasteiger partial charge on any atom is 0.259 e. The van der Waals surface area contributed by atoms with Crippen molar-refractivity contribution in [1.82, 2.24) is 4.98 Å². The summed E-state index contributed by atoms with van der Waals surface area (Å²) in [6.07, 6.45) is 1.50. The fourth-order valence-corrected chi connectivity index (χ4v) is 1.94. The van der Waals surface area contributed by atoms with Gasteiger partial charge in [0, 0.05) is 5.02 Å². The van der Waals surface area contributed by atoms with Crippen LogP contribution < -0.4 is 10.1 Å². The van der Waals surface area contributed by atoms with Crippen molar-refractivity contribution >= 4 is 34.8 Å². The monoisotopic (exact) mass is 310 g/mol. The minimum absolute atomic E-state index is 0.304. The third-order valence-corrected chi connectivity index (χ3v) is 3.31. The molecular weight excluding hydrogens is 299 g/mol. The molecule has 0 unspecified atom stereocenters. The summed E-state index contributed by atoms with van der Waals surface area (Å²) in [4.78, 5) is 16.2. The van der Waals surface area contributed by atoms with E-state index in [0.717, 1.165) is 5.56 Å². The molecule has 2 aromatic rings. The molecular formula is C14H12Cl2N2O2. The van der Waals surface area contributed by atoms with Gasteiger partial charge in [-0.25, -0.2) is 4.98 Å². The van der Waals surface area contributed by atoms with Gasteiger partial charge < -0.3 is 10.1 Å². The summed E-state index contributed by atoms with van der Waals surface area (Å²) in [5.74, 6) is 0.107. The quantitative estimate of drug-likeness (QED) is 0.873. The Morgan fingerprint density at radius 3 is 2.70 bits per heavy atom. The number of amides is 1. The summed E-state index contributed by atoms with van der Waals surface area (Å²) in [5, 5.41) is 3.65. The van der Waals surface area contributed by atoms with Gasteiger partial charge in [0.15, 0.2) is 0 Å². The lowest BCUT2D eigenvalue weighted by Crippen LogP contribution is -2.13. The van der Waals surface area contributed by atoms with Gasteiger partial charge in [0.2, 0.25) is 0 Å². The van der Waals surface area contributed by atoms with Crippen LogP contribution in [0.1, 0.15) is 15.9 Å². The van der Waals surface area contributed by atoms with Crippen molar-refractivity contribution in [1.29, 1.82) is 0 Å². The first kappa shape index (κ1) is 14.6. The predicted octanol–water partition coefficient (Wildman–Crippen LogP) is 3.96. The summed E-state index contributed by atoms with van der Waals surface area (Å²) in [6, 6.07) is 6.56. The van der Waals surface area contributed by atoms with Crippen molar-refractivity contribution in [2.45, 2.75) is 6.92 Å². The number of methoxy groups -OCH3 is 1. The maximum absolute atomic E-state index is 12.2. The van der Waals surface area contributed by atoms with E-state index in [0.29, 0.717) is 27.2 Å². The SMILES string of the molecule is COc1cc(Cl)ccc1C(=O)Nc1cnc(Cl)c(C)c1. The number of pyridine rings is 1. The van der Waals surface area contributed by atoms with Gasteiger partial charge in [0.1, 0.15) is 10.9 Å². The van der Waals surface area contributed by atoms with Gasteiger partial charge in [0.25, 0.3) is 5.91 Å². The Morgan fingerprint density at radius 2 is 2.05 bits per heavy atom. The van der Waals surface area contributed by atoms with E-state index in [1.807, 2.05) is 6.92 Å². The van der Waals surface area contributed by atoms with Crippen LogP contribution in [-0.2, 0) is 0 Å². The number of nitrogens with one attached hydrogen (secondary N) is 1. The average Bonchev–Trinajstić information content (AvgIpc) is 2.42. The molecule has 0 saturated carbocycles. The third kappa shape index (κ3) is 3.21. The number of hydrogen-bond acceptors (Lipinski definition) is 3. The van der Waals surface area contributed by atoms with E-state index in [-0.39, 0.29) is 5.91 Å². The molecule has 4 nitrogen and oxygen atoms in total. The Morgan fingerprint density at radius 1 is 1.30 bits per heavy atom. The summed E-state index contributed by atoms with van der Waals surface area (Å²) < 4.78 is 5.15. The molecule has 0 atom stereocenters. The van der Waals surface area contributed by atoms with Gasteiger partial charge in [-0.2, -0.15) is 0 Å². The Kier molecular flexibility index (Phi) is 4.47. The molecule has 0 fully saturated rings. The van der Waals surface area contributed by atoms with Crippen LogP contribution in [0.3, 0.4) is 0 Å². The smallest absolute Gasteiger partial charge is 0.259 e.